The zero-order chi connectivity index (χ0) is 27.3. The van der Waals surface area contributed by atoms with Crippen LogP contribution in [0.4, 0.5) is 0 Å². The standard InChI is InChI=1S/C23H34N4O8S/c1-13(28)19(22(33)26-17(23(34)35)12-14-6-4-3-5-7-14)27-21(32)16(10-11-36-2)25-20(31)15(24)8-9-18(29)30/h3-7,13,15-17,19,28H,8-12,24H2,1-2H3,(H,25,31)(H,26,33)(H,27,32)(H,29,30)(H,34,35). The molecule has 0 saturated carbocycles. The molecule has 8 N–H and O–H groups in total. The van der Waals surface area contributed by atoms with E-state index in [1.807, 2.05) is 0 Å². The van der Waals surface area contributed by atoms with Crippen LogP contribution in [0.15, 0.2) is 30.3 Å². The van der Waals surface area contributed by atoms with E-state index in [0.29, 0.717) is 11.3 Å². The molecule has 0 aliphatic rings. The van der Waals surface area contributed by atoms with Crippen LogP contribution in [0.2, 0.25) is 0 Å². The summed E-state index contributed by atoms with van der Waals surface area (Å²) in [4.78, 5) is 60.5. The number of carbonyl (C=O) groups excluding carboxylic acids is 3. The zero-order valence-electron chi connectivity index (χ0n) is 20.2. The number of nitrogens with two attached hydrogens (primary N) is 1. The van der Waals surface area contributed by atoms with E-state index >= 15 is 0 Å². The van der Waals surface area contributed by atoms with Gasteiger partial charge in [-0.3, -0.25) is 19.2 Å². The molecule has 1 rings (SSSR count). The van der Waals surface area contributed by atoms with Crippen molar-refractivity contribution < 1.29 is 39.3 Å². The Balaban J connectivity index is 2.91. The first kappa shape index (κ1) is 30.9. The Bertz CT molecular complexity index is 899. The Morgan fingerprint density at radius 2 is 1.53 bits per heavy atom. The van der Waals surface area contributed by atoms with E-state index in [9.17, 15) is 34.2 Å². The summed E-state index contributed by atoms with van der Waals surface area (Å²) in [6.07, 6.45) is 0.117. The lowest BCUT2D eigenvalue weighted by molar-refractivity contribution is -0.143. The summed E-state index contributed by atoms with van der Waals surface area (Å²) in [5.74, 6) is -4.36. The molecule has 12 nitrogen and oxygen atoms in total. The highest BCUT2D eigenvalue weighted by atomic mass is 32.2. The molecule has 0 spiro atoms. The van der Waals surface area contributed by atoms with Crippen LogP contribution in [0.25, 0.3) is 0 Å². The third kappa shape index (κ3) is 11.1. The highest BCUT2D eigenvalue weighted by molar-refractivity contribution is 7.98. The molecule has 0 fully saturated rings. The molecule has 5 atom stereocenters. The lowest BCUT2D eigenvalue weighted by Gasteiger charge is -2.26. The van der Waals surface area contributed by atoms with Crippen LogP contribution in [-0.4, -0.2) is 87.3 Å². The van der Waals surface area contributed by atoms with Crippen molar-refractivity contribution in [3.05, 3.63) is 35.9 Å². The van der Waals surface area contributed by atoms with E-state index in [0.717, 1.165) is 0 Å². The number of thioether (sulfide) groups is 1. The number of carboxylic acids is 2. The van der Waals surface area contributed by atoms with Gasteiger partial charge in [0.2, 0.25) is 17.7 Å². The topological polar surface area (TPSA) is 208 Å². The molecule has 0 heterocycles. The second-order valence-electron chi connectivity index (χ2n) is 8.20. The van der Waals surface area contributed by atoms with Crippen molar-refractivity contribution in [2.75, 3.05) is 12.0 Å². The Labute approximate surface area is 213 Å². The van der Waals surface area contributed by atoms with Crippen molar-refractivity contribution in [3.8, 4) is 0 Å². The summed E-state index contributed by atoms with van der Waals surface area (Å²) in [6, 6.07) is 3.55. The first-order valence-electron chi connectivity index (χ1n) is 11.3. The van der Waals surface area contributed by atoms with E-state index < -0.39 is 59.9 Å². The largest absolute Gasteiger partial charge is 0.481 e. The number of nitrogens with one attached hydrogen (secondary N) is 3. The number of aliphatic hydroxyl groups is 1. The quantitative estimate of drug-likeness (QED) is 0.141. The molecule has 0 saturated heterocycles. The second kappa shape index (κ2) is 15.8. The highest BCUT2D eigenvalue weighted by Crippen LogP contribution is 2.07. The molecule has 200 valence electrons. The molecule has 0 aliphatic heterocycles. The number of carbonyl (C=O) groups is 5. The number of aliphatic hydroxyl groups excluding tert-OH is 1. The number of carboxylic acid groups (broad SMARTS) is 2. The van der Waals surface area contributed by atoms with Crippen molar-refractivity contribution in [2.45, 2.75) is 62.9 Å². The molecule has 1 aromatic carbocycles. The number of hydrogen-bond acceptors (Lipinski definition) is 8. The Morgan fingerprint density at radius 3 is 2.06 bits per heavy atom. The van der Waals surface area contributed by atoms with Crippen LogP contribution in [0, 0.1) is 0 Å². The van der Waals surface area contributed by atoms with E-state index in [4.69, 9.17) is 10.8 Å². The molecular formula is C23H34N4O8S. The van der Waals surface area contributed by atoms with Gasteiger partial charge >= 0.3 is 11.9 Å². The molecule has 13 heteroatoms. The van der Waals surface area contributed by atoms with Crippen LogP contribution in [0.5, 0.6) is 0 Å². The molecule has 3 amide bonds. The van der Waals surface area contributed by atoms with Gasteiger partial charge in [-0.1, -0.05) is 30.3 Å². The summed E-state index contributed by atoms with van der Waals surface area (Å²) in [7, 11) is 0. The predicted octanol–water partition coefficient (Wildman–Crippen LogP) is -0.906. The second-order valence-corrected chi connectivity index (χ2v) is 9.18. The summed E-state index contributed by atoms with van der Waals surface area (Å²) in [5, 5.41) is 35.6. The normalized spacial score (nSPS) is 15.0. The molecular weight excluding hydrogens is 492 g/mol. The van der Waals surface area contributed by atoms with Gasteiger partial charge in [0, 0.05) is 12.8 Å². The van der Waals surface area contributed by atoms with Crippen LogP contribution in [0.3, 0.4) is 0 Å². The maximum Gasteiger partial charge on any atom is 0.326 e. The fourth-order valence-electron chi connectivity index (χ4n) is 3.16. The fourth-order valence-corrected chi connectivity index (χ4v) is 3.64. The lowest BCUT2D eigenvalue weighted by Crippen LogP contribution is -2.60. The molecule has 0 radical (unpaired) electrons. The van der Waals surface area contributed by atoms with Gasteiger partial charge in [-0.25, -0.2) is 4.79 Å². The van der Waals surface area contributed by atoms with Gasteiger partial charge in [-0.15, -0.1) is 0 Å². The van der Waals surface area contributed by atoms with Gasteiger partial charge in [-0.05, 0) is 37.3 Å². The minimum Gasteiger partial charge on any atom is -0.481 e. The van der Waals surface area contributed by atoms with E-state index in [1.165, 1.54) is 18.7 Å². The van der Waals surface area contributed by atoms with Crippen molar-refractivity contribution in [1.29, 1.82) is 0 Å². The third-order valence-corrected chi connectivity index (χ3v) is 5.85. The number of hydrogen-bond donors (Lipinski definition) is 7. The predicted molar refractivity (Wildman–Crippen MR) is 133 cm³/mol. The maximum atomic E-state index is 12.9. The van der Waals surface area contributed by atoms with Gasteiger partial charge in [0.05, 0.1) is 12.1 Å². The average molecular weight is 527 g/mol. The van der Waals surface area contributed by atoms with Gasteiger partial charge in [-0.2, -0.15) is 11.8 Å². The summed E-state index contributed by atoms with van der Waals surface area (Å²) in [6.45, 7) is 1.26. The van der Waals surface area contributed by atoms with Crippen molar-refractivity contribution in [2.24, 2.45) is 5.73 Å². The van der Waals surface area contributed by atoms with Gasteiger partial charge < -0.3 is 37.0 Å². The number of benzene rings is 1. The Morgan fingerprint density at radius 1 is 0.917 bits per heavy atom. The minimum absolute atomic E-state index is 0.0109. The highest BCUT2D eigenvalue weighted by Gasteiger charge is 2.32. The van der Waals surface area contributed by atoms with E-state index in [2.05, 4.69) is 16.0 Å². The molecule has 5 unspecified atom stereocenters. The number of rotatable bonds is 16. The lowest BCUT2D eigenvalue weighted by atomic mass is 10.0. The summed E-state index contributed by atoms with van der Waals surface area (Å²) >= 11 is 1.41. The smallest absolute Gasteiger partial charge is 0.326 e. The summed E-state index contributed by atoms with van der Waals surface area (Å²) in [5.41, 5.74) is 6.38. The van der Waals surface area contributed by atoms with Crippen LogP contribution in [0.1, 0.15) is 31.7 Å². The van der Waals surface area contributed by atoms with Crippen LogP contribution in [-0.2, 0) is 30.4 Å². The molecule has 0 aliphatic carbocycles. The fraction of sp³-hybridized carbons (Fsp3) is 0.522. The Hall–Kier alpha value is -3.16. The summed E-state index contributed by atoms with van der Waals surface area (Å²) < 4.78 is 0. The van der Waals surface area contributed by atoms with Crippen molar-refractivity contribution >= 4 is 41.4 Å². The molecule has 0 aromatic heterocycles. The average Bonchev–Trinajstić information content (AvgIpc) is 2.82. The third-order valence-electron chi connectivity index (χ3n) is 5.21. The van der Waals surface area contributed by atoms with Gasteiger partial charge in [0.1, 0.15) is 18.1 Å². The molecule has 0 bridgehead atoms. The number of amides is 3. The SMILES string of the molecule is CSCCC(NC(=O)C(N)CCC(=O)O)C(=O)NC(C(=O)NC(Cc1ccccc1)C(=O)O)C(C)O. The van der Waals surface area contributed by atoms with Crippen molar-refractivity contribution in [3.63, 3.8) is 0 Å². The number of aliphatic carboxylic acids is 2. The van der Waals surface area contributed by atoms with Gasteiger partial charge in [0.15, 0.2) is 0 Å². The van der Waals surface area contributed by atoms with E-state index in [1.54, 1.807) is 36.6 Å². The molecule has 36 heavy (non-hydrogen) atoms. The van der Waals surface area contributed by atoms with Crippen molar-refractivity contribution in [1.82, 2.24) is 16.0 Å². The Kier molecular flexibility index (Phi) is 13.5. The molecule has 1 aromatic rings. The van der Waals surface area contributed by atoms with Gasteiger partial charge in [0.25, 0.3) is 0 Å². The minimum atomic E-state index is -1.50. The monoisotopic (exact) mass is 526 g/mol. The maximum absolute atomic E-state index is 12.9. The van der Waals surface area contributed by atoms with E-state index in [-0.39, 0.29) is 25.7 Å². The zero-order valence-corrected chi connectivity index (χ0v) is 21.0. The van der Waals surface area contributed by atoms with Crippen LogP contribution < -0.4 is 21.7 Å². The first-order valence-corrected chi connectivity index (χ1v) is 12.7. The van der Waals surface area contributed by atoms with Crippen LogP contribution >= 0.6 is 11.8 Å². The first-order chi connectivity index (χ1) is 17.0.